The molecule has 0 atom stereocenters. The summed E-state index contributed by atoms with van der Waals surface area (Å²) >= 11 is 0. The highest BCUT2D eigenvalue weighted by atomic mass is 32.2. The van der Waals surface area contributed by atoms with Gasteiger partial charge in [-0.25, -0.2) is 0 Å². The van der Waals surface area contributed by atoms with Gasteiger partial charge in [0.05, 0.1) is 0 Å². The third kappa shape index (κ3) is 5.57. The molecule has 0 unspecified atom stereocenters. The Morgan fingerprint density at radius 3 is 2.07 bits per heavy atom. The first kappa shape index (κ1) is 19.4. The van der Waals surface area contributed by atoms with Crippen molar-refractivity contribution in [3.63, 3.8) is 0 Å². The van der Waals surface area contributed by atoms with Gasteiger partial charge in [0.25, 0.3) is 0 Å². The molecule has 1 saturated carbocycles. The fourth-order valence-electron chi connectivity index (χ4n) is 3.32. The Kier molecular flexibility index (Phi) is 6.50. The van der Waals surface area contributed by atoms with Gasteiger partial charge in [-0.05, 0) is 49.2 Å². The zero-order valence-electron chi connectivity index (χ0n) is 15.3. The molecule has 1 fully saturated rings. The van der Waals surface area contributed by atoms with Crippen LogP contribution in [-0.2, 0) is 14.9 Å². The summed E-state index contributed by atoms with van der Waals surface area (Å²) in [5.41, 5.74) is 0.645. The topological polar surface area (TPSA) is 72.5 Å². The Morgan fingerprint density at radius 1 is 0.852 bits per heavy atom. The van der Waals surface area contributed by atoms with Gasteiger partial charge >= 0.3 is 10.1 Å². The third-order valence-corrected chi connectivity index (χ3v) is 6.10. The van der Waals surface area contributed by atoms with Crippen molar-refractivity contribution < 1.29 is 17.4 Å². The molecule has 1 aliphatic rings. The van der Waals surface area contributed by atoms with Crippen molar-refractivity contribution in [3.05, 3.63) is 54.6 Å². The van der Waals surface area contributed by atoms with E-state index < -0.39 is 10.1 Å². The first-order valence-electron chi connectivity index (χ1n) is 9.45. The predicted octanol–water partition coefficient (Wildman–Crippen LogP) is 4.75. The largest absolute Gasteiger partial charge is 0.379 e. The summed E-state index contributed by atoms with van der Waals surface area (Å²) in [6, 6.07) is 14.4. The zero-order chi connectivity index (χ0) is 19.1. The standard InChI is InChI=1S/C21H25NO4S/c23-21(17-9-5-2-1-3-6-10-17)22-18-13-15-19(16-14-18)26-27(24,25)20-11-7-4-8-12-20/h4,7-8,11-17H,1-3,5-6,9-10H2,(H,22,23). The van der Waals surface area contributed by atoms with Crippen LogP contribution in [0.1, 0.15) is 44.9 Å². The van der Waals surface area contributed by atoms with E-state index >= 15 is 0 Å². The molecule has 144 valence electrons. The second-order valence-corrected chi connectivity index (χ2v) is 8.45. The molecule has 0 bridgehead atoms. The minimum absolute atomic E-state index is 0.0440. The van der Waals surface area contributed by atoms with Gasteiger partial charge in [-0.3, -0.25) is 4.79 Å². The molecule has 27 heavy (non-hydrogen) atoms. The summed E-state index contributed by atoms with van der Waals surface area (Å²) in [6.45, 7) is 0. The SMILES string of the molecule is O=C(Nc1ccc(OS(=O)(=O)c2ccccc2)cc1)C1CCCCCCC1. The lowest BCUT2D eigenvalue weighted by Crippen LogP contribution is -2.23. The fourth-order valence-corrected chi connectivity index (χ4v) is 4.27. The summed E-state index contributed by atoms with van der Waals surface area (Å²) in [6.07, 6.45) is 7.73. The molecule has 0 heterocycles. The van der Waals surface area contributed by atoms with Crippen LogP contribution in [0.5, 0.6) is 5.75 Å². The van der Waals surface area contributed by atoms with E-state index in [4.69, 9.17) is 4.18 Å². The van der Waals surface area contributed by atoms with Crippen molar-refractivity contribution in [2.75, 3.05) is 5.32 Å². The van der Waals surface area contributed by atoms with E-state index in [-0.39, 0.29) is 22.5 Å². The third-order valence-electron chi connectivity index (χ3n) is 4.84. The minimum Gasteiger partial charge on any atom is -0.379 e. The summed E-state index contributed by atoms with van der Waals surface area (Å²) in [5, 5.41) is 2.94. The van der Waals surface area contributed by atoms with Crippen LogP contribution in [0.2, 0.25) is 0 Å². The number of carbonyl (C=O) groups is 1. The molecule has 1 amide bonds. The van der Waals surface area contributed by atoms with Gasteiger partial charge in [0, 0.05) is 11.6 Å². The smallest absolute Gasteiger partial charge is 0.339 e. The second kappa shape index (κ2) is 9.04. The maximum absolute atomic E-state index is 12.5. The highest BCUT2D eigenvalue weighted by molar-refractivity contribution is 7.87. The number of benzene rings is 2. The Labute approximate surface area is 160 Å². The van der Waals surface area contributed by atoms with E-state index in [2.05, 4.69) is 5.32 Å². The Morgan fingerprint density at radius 2 is 1.44 bits per heavy atom. The quantitative estimate of drug-likeness (QED) is 0.751. The van der Waals surface area contributed by atoms with Crippen LogP contribution >= 0.6 is 0 Å². The molecule has 1 aliphatic carbocycles. The molecule has 6 heteroatoms. The maximum atomic E-state index is 12.5. The lowest BCUT2D eigenvalue weighted by molar-refractivity contribution is -0.120. The molecule has 3 rings (SSSR count). The molecule has 0 saturated heterocycles. The van der Waals surface area contributed by atoms with Crippen LogP contribution in [0.4, 0.5) is 5.69 Å². The van der Waals surface area contributed by atoms with Gasteiger partial charge in [-0.1, -0.05) is 50.3 Å². The molecule has 2 aromatic rings. The molecule has 5 nitrogen and oxygen atoms in total. The van der Waals surface area contributed by atoms with Crippen molar-refractivity contribution in [2.45, 2.75) is 49.8 Å². The van der Waals surface area contributed by atoms with Crippen molar-refractivity contribution in [2.24, 2.45) is 5.92 Å². The van der Waals surface area contributed by atoms with Crippen LogP contribution in [-0.4, -0.2) is 14.3 Å². The van der Waals surface area contributed by atoms with E-state index in [9.17, 15) is 13.2 Å². The summed E-state index contributed by atoms with van der Waals surface area (Å²) in [4.78, 5) is 12.6. The van der Waals surface area contributed by atoms with E-state index in [1.54, 1.807) is 42.5 Å². The number of hydrogen-bond acceptors (Lipinski definition) is 4. The van der Waals surface area contributed by atoms with Gasteiger partial charge in [0.1, 0.15) is 10.6 Å². The van der Waals surface area contributed by atoms with Gasteiger partial charge in [0.15, 0.2) is 0 Å². The normalized spacial score (nSPS) is 16.1. The Bertz CT molecular complexity index is 840. The van der Waals surface area contributed by atoms with Crippen LogP contribution in [0.15, 0.2) is 59.5 Å². The zero-order valence-corrected chi connectivity index (χ0v) is 16.1. The highest BCUT2D eigenvalue weighted by Crippen LogP contribution is 2.25. The van der Waals surface area contributed by atoms with Gasteiger partial charge in [-0.2, -0.15) is 8.42 Å². The van der Waals surface area contributed by atoms with E-state index in [0.717, 1.165) is 25.7 Å². The lowest BCUT2D eigenvalue weighted by atomic mass is 9.90. The average Bonchev–Trinajstić information content (AvgIpc) is 2.63. The lowest BCUT2D eigenvalue weighted by Gasteiger charge is -2.19. The van der Waals surface area contributed by atoms with E-state index in [1.165, 1.54) is 31.4 Å². The Balaban J connectivity index is 1.60. The Hall–Kier alpha value is -2.34. The van der Waals surface area contributed by atoms with Gasteiger partial charge in [-0.15, -0.1) is 0 Å². The highest BCUT2D eigenvalue weighted by Gasteiger charge is 2.20. The molecular formula is C21H25NO4S. The summed E-state index contributed by atoms with van der Waals surface area (Å²) in [7, 11) is -3.86. The van der Waals surface area contributed by atoms with Crippen LogP contribution < -0.4 is 9.50 Å². The van der Waals surface area contributed by atoms with Crippen molar-refractivity contribution in [1.82, 2.24) is 0 Å². The molecule has 1 N–H and O–H groups in total. The molecule has 0 aromatic heterocycles. The van der Waals surface area contributed by atoms with Crippen LogP contribution in [0.25, 0.3) is 0 Å². The summed E-state index contributed by atoms with van der Waals surface area (Å²) in [5.74, 6) is 0.310. The van der Waals surface area contributed by atoms with Gasteiger partial charge < -0.3 is 9.50 Å². The average molecular weight is 388 g/mol. The first-order chi connectivity index (χ1) is 13.0. The van der Waals surface area contributed by atoms with Gasteiger partial charge in [0.2, 0.25) is 5.91 Å². The molecule has 2 aromatic carbocycles. The van der Waals surface area contributed by atoms with Crippen LogP contribution in [0, 0.1) is 5.92 Å². The fraction of sp³-hybridized carbons (Fsp3) is 0.381. The number of anilines is 1. The molecule has 0 spiro atoms. The monoisotopic (exact) mass is 387 g/mol. The van der Waals surface area contributed by atoms with Crippen molar-refractivity contribution in [3.8, 4) is 5.75 Å². The number of amides is 1. The van der Waals surface area contributed by atoms with Crippen molar-refractivity contribution in [1.29, 1.82) is 0 Å². The molecule has 0 aliphatic heterocycles. The molecular weight excluding hydrogens is 362 g/mol. The minimum atomic E-state index is -3.86. The number of carbonyl (C=O) groups excluding carboxylic acids is 1. The predicted molar refractivity (Wildman–Crippen MR) is 105 cm³/mol. The van der Waals surface area contributed by atoms with Crippen LogP contribution in [0.3, 0.4) is 0 Å². The van der Waals surface area contributed by atoms with Crippen molar-refractivity contribution >= 4 is 21.7 Å². The second-order valence-electron chi connectivity index (χ2n) is 6.91. The maximum Gasteiger partial charge on any atom is 0.339 e. The number of nitrogens with one attached hydrogen (secondary N) is 1. The van der Waals surface area contributed by atoms with E-state index in [0.29, 0.717) is 5.69 Å². The summed E-state index contributed by atoms with van der Waals surface area (Å²) < 4.78 is 29.6. The number of rotatable bonds is 5. The number of hydrogen-bond donors (Lipinski definition) is 1. The first-order valence-corrected chi connectivity index (χ1v) is 10.9. The molecule has 0 radical (unpaired) electrons. The van der Waals surface area contributed by atoms with E-state index in [1.807, 2.05) is 0 Å².